The third-order valence-corrected chi connectivity index (χ3v) is 5.04. The number of amides is 1. The van der Waals surface area contributed by atoms with E-state index >= 15 is 0 Å². The van der Waals surface area contributed by atoms with Gasteiger partial charge in [0.1, 0.15) is 12.4 Å². The molecule has 0 spiro atoms. The highest BCUT2D eigenvalue weighted by molar-refractivity contribution is 9.11. The van der Waals surface area contributed by atoms with E-state index in [0.717, 1.165) is 14.5 Å². The average Bonchev–Trinajstić information content (AvgIpc) is 2.68. The molecule has 0 aliphatic carbocycles. The Hall–Kier alpha value is -2.15. The van der Waals surface area contributed by atoms with Crippen molar-refractivity contribution in [2.75, 3.05) is 0 Å². The molecule has 3 aromatic carbocycles. The van der Waals surface area contributed by atoms with Gasteiger partial charge in [-0.15, -0.1) is 0 Å². The molecule has 142 valence electrons. The Morgan fingerprint density at radius 1 is 1.07 bits per heavy atom. The molecule has 3 rings (SSSR count). The van der Waals surface area contributed by atoms with Crippen LogP contribution in [0.15, 0.2) is 80.8 Å². The lowest BCUT2D eigenvalue weighted by Gasteiger charge is -2.12. The Bertz CT molecular complexity index is 993. The highest BCUT2D eigenvalue weighted by Crippen LogP contribution is 2.32. The predicted molar refractivity (Wildman–Crippen MR) is 119 cm³/mol. The number of rotatable bonds is 6. The summed E-state index contributed by atoms with van der Waals surface area (Å²) in [6, 6.07) is 20.2. The maximum Gasteiger partial charge on any atom is 0.271 e. The first-order valence-corrected chi connectivity index (χ1v) is 10.2. The zero-order valence-electron chi connectivity index (χ0n) is 14.5. The Morgan fingerprint density at radius 2 is 1.79 bits per heavy atom. The zero-order valence-corrected chi connectivity index (χ0v) is 18.5. The standard InChI is InChI=1S/C21H15Br2ClN2O2/c22-17-10-16(12-25-26-21(27)15-6-8-18(24)9-7-15)20(19(23)11-17)28-13-14-4-2-1-3-5-14/h1-12H,13H2,(H,26,27)/b25-12-. The van der Waals surface area contributed by atoms with Crippen molar-refractivity contribution in [2.24, 2.45) is 5.10 Å². The van der Waals surface area contributed by atoms with Crippen LogP contribution in [0.1, 0.15) is 21.5 Å². The van der Waals surface area contributed by atoms with E-state index in [1.54, 1.807) is 30.5 Å². The molecule has 0 radical (unpaired) electrons. The molecule has 0 aromatic heterocycles. The van der Waals surface area contributed by atoms with Gasteiger partial charge in [0.25, 0.3) is 5.91 Å². The van der Waals surface area contributed by atoms with E-state index in [4.69, 9.17) is 16.3 Å². The van der Waals surface area contributed by atoms with Gasteiger partial charge in [-0.3, -0.25) is 4.79 Å². The highest BCUT2D eigenvalue weighted by atomic mass is 79.9. The topological polar surface area (TPSA) is 50.7 Å². The predicted octanol–water partition coefficient (Wildman–Crippen LogP) is 6.21. The molecule has 7 heteroatoms. The molecule has 0 saturated carbocycles. The van der Waals surface area contributed by atoms with Gasteiger partial charge in [0.2, 0.25) is 0 Å². The van der Waals surface area contributed by atoms with E-state index in [-0.39, 0.29) is 5.91 Å². The van der Waals surface area contributed by atoms with Crippen molar-refractivity contribution in [2.45, 2.75) is 6.61 Å². The number of hydrogen-bond acceptors (Lipinski definition) is 3. The average molecular weight is 523 g/mol. The van der Waals surface area contributed by atoms with Crippen LogP contribution in [0.4, 0.5) is 0 Å². The van der Waals surface area contributed by atoms with Crippen molar-refractivity contribution < 1.29 is 9.53 Å². The third-order valence-electron chi connectivity index (χ3n) is 3.74. The molecule has 0 atom stereocenters. The summed E-state index contributed by atoms with van der Waals surface area (Å²) < 4.78 is 7.62. The molecule has 0 aliphatic heterocycles. The fraction of sp³-hybridized carbons (Fsp3) is 0.0476. The number of halogens is 3. The fourth-order valence-corrected chi connectivity index (χ4v) is 3.88. The van der Waals surface area contributed by atoms with Crippen molar-refractivity contribution in [3.63, 3.8) is 0 Å². The van der Waals surface area contributed by atoms with Crippen LogP contribution < -0.4 is 10.2 Å². The lowest BCUT2D eigenvalue weighted by atomic mass is 10.2. The van der Waals surface area contributed by atoms with Gasteiger partial charge in [0.05, 0.1) is 10.7 Å². The van der Waals surface area contributed by atoms with Gasteiger partial charge in [0, 0.05) is 20.6 Å². The van der Waals surface area contributed by atoms with Crippen LogP contribution in [-0.2, 0) is 6.61 Å². The molecular weight excluding hydrogens is 508 g/mol. The van der Waals surface area contributed by atoms with E-state index < -0.39 is 0 Å². The second-order valence-corrected chi connectivity index (χ2v) is 7.99. The minimum Gasteiger partial charge on any atom is -0.487 e. The normalized spacial score (nSPS) is 10.8. The minimum atomic E-state index is -0.325. The number of nitrogens with zero attached hydrogens (tertiary/aromatic N) is 1. The molecule has 28 heavy (non-hydrogen) atoms. The van der Waals surface area contributed by atoms with Crippen LogP contribution in [0.3, 0.4) is 0 Å². The summed E-state index contributed by atoms with van der Waals surface area (Å²) in [7, 11) is 0. The molecule has 0 fully saturated rings. The van der Waals surface area contributed by atoms with Gasteiger partial charge in [-0.05, 0) is 57.9 Å². The number of carbonyl (C=O) groups excluding carboxylic acids is 1. The SMILES string of the molecule is O=C(N/N=C\c1cc(Br)cc(Br)c1OCc1ccccc1)c1ccc(Cl)cc1. The molecule has 0 saturated heterocycles. The van der Waals surface area contributed by atoms with Crippen LogP contribution in [0.5, 0.6) is 5.75 Å². The van der Waals surface area contributed by atoms with Gasteiger partial charge < -0.3 is 4.74 Å². The van der Waals surface area contributed by atoms with E-state index in [1.807, 2.05) is 42.5 Å². The molecule has 1 amide bonds. The Balaban J connectivity index is 1.74. The number of benzene rings is 3. The van der Waals surface area contributed by atoms with Gasteiger partial charge in [-0.25, -0.2) is 5.43 Å². The van der Waals surface area contributed by atoms with Gasteiger partial charge in [-0.2, -0.15) is 5.10 Å². The number of nitrogens with one attached hydrogen (secondary N) is 1. The zero-order chi connectivity index (χ0) is 19.9. The number of hydrogen-bond donors (Lipinski definition) is 1. The summed E-state index contributed by atoms with van der Waals surface area (Å²) in [6.45, 7) is 0.416. The number of carbonyl (C=O) groups is 1. The van der Waals surface area contributed by atoms with Gasteiger partial charge >= 0.3 is 0 Å². The molecule has 0 aliphatic rings. The third kappa shape index (κ3) is 5.67. The molecule has 3 aromatic rings. The van der Waals surface area contributed by atoms with E-state index in [1.165, 1.54) is 0 Å². The van der Waals surface area contributed by atoms with E-state index in [0.29, 0.717) is 28.5 Å². The van der Waals surface area contributed by atoms with Crippen molar-refractivity contribution >= 4 is 55.6 Å². The second-order valence-electron chi connectivity index (χ2n) is 5.79. The Labute approximate surface area is 184 Å². The van der Waals surface area contributed by atoms with Crippen molar-refractivity contribution in [1.29, 1.82) is 0 Å². The van der Waals surface area contributed by atoms with Crippen LogP contribution in [0, 0.1) is 0 Å². The maximum absolute atomic E-state index is 12.2. The first-order chi connectivity index (χ1) is 13.5. The van der Waals surface area contributed by atoms with Crippen molar-refractivity contribution in [3.8, 4) is 5.75 Å². The molecule has 1 N–H and O–H groups in total. The van der Waals surface area contributed by atoms with Crippen molar-refractivity contribution in [3.05, 3.63) is 97.4 Å². The summed E-state index contributed by atoms with van der Waals surface area (Å²) in [4.78, 5) is 12.2. The van der Waals surface area contributed by atoms with E-state index in [9.17, 15) is 4.79 Å². The van der Waals surface area contributed by atoms with Crippen LogP contribution in [0.2, 0.25) is 5.02 Å². The van der Waals surface area contributed by atoms with Crippen molar-refractivity contribution in [1.82, 2.24) is 5.43 Å². The Morgan fingerprint density at radius 3 is 2.50 bits per heavy atom. The summed E-state index contributed by atoms with van der Waals surface area (Å²) in [6.07, 6.45) is 1.55. The lowest BCUT2D eigenvalue weighted by molar-refractivity contribution is 0.0955. The van der Waals surface area contributed by atoms with E-state index in [2.05, 4.69) is 42.4 Å². The largest absolute Gasteiger partial charge is 0.487 e. The second kappa shape index (κ2) is 9.87. The van der Waals surface area contributed by atoms with Crippen LogP contribution in [0.25, 0.3) is 0 Å². The number of ether oxygens (including phenoxy) is 1. The number of hydrazone groups is 1. The lowest BCUT2D eigenvalue weighted by Crippen LogP contribution is -2.17. The summed E-state index contributed by atoms with van der Waals surface area (Å²) in [5, 5.41) is 4.63. The molecule has 0 bridgehead atoms. The van der Waals surface area contributed by atoms with Crippen LogP contribution in [-0.4, -0.2) is 12.1 Å². The summed E-state index contributed by atoms with van der Waals surface area (Å²) >= 11 is 12.8. The maximum atomic E-state index is 12.2. The summed E-state index contributed by atoms with van der Waals surface area (Å²) in [5.74, 6) is 0.310. The molecular formula is C21H15Br2ClN2O2. The minimum absolute atomic E-state index is 0.325. The molecule has 4 nitrogen and oxygen atoms in total. The summed E-state index contributed by atoms with van der Waals surface area (Å²) in [5.41, 5.74) is 4.75. The first-order valence-electron chi connectivity index (χ1n) is 8.27. The quantitative estimate of drug-likeness (QED) is 0.309. The van der Waals surface area contributed by atoms with Gasteiger partial charge in [-0.1, -0.05) is 57.9 Å². The smallest absolute Gasteiger partial charge is 0.271 e. The van der Waals surface area contributed by atoms with Crippen LogP contribution >= 0.6 is 43.5 Å². The fourth-order valence-electron chi connectivity index (χ4n) is 2.38. The highest BCUT2D eigenvalue weighted by Gasteiger charge is 2.10. The Kier molecular flexibility index (Phi) is 7.25. The monoisotopic (exact) mass is 520 g/mol. The molecule has 0 unspecified atom stereocenters. The molecule has 0 heterocycles. The first kappa shape index (κ1) is 20.6. The van der Waals surface area contributed by atoms with Gasteiger partial charge in [0.15, 0.2) is 0 Å².